The van der Waals surface area contributed by atoms with E-state index < -0.39 is 10.0 Å². The Labute approximate surface area is 130 Å². The van der Waals surface area contributed by atoms with Crippen molar-refractivity contribution in [1.82, 2.24) is 0 Å². The van der Waals surface area contributed by atoms with E-state index in [0.717, 1.165) is 11.1 Å². The van der Waals surface area contributed by atoms with E-state index in [1.165, 1.54) is 17.4 Å². The van der Waals surface area contributed by atoms with Crippen molar-refractivity contribution < 1.29 is 8.42 Å². The van der Waals surface area contributed by atoms with Crippen LogP contribution in [-0.2, 0) is 10.0 Å². The largest absolute Gasteiger partial charge is 0.398 e. The number of nitrogens with zero attached hydrogens (tertiary/aromatic N) is 1. The first-order valence-corrected chi connectivity index (χ1v) is 8.16. The van der Waals surface area contributed by atoms with E-state index in [2.05, 4.69) is 0 Å². The van der Waals surface area contributed by atoms with Gasteiger partial charge in [0.05, 0.1) is 10.7 Å². The Hall–Kier alpha value is -1.72. The molecule has 4 nitrogen and oxygen atoms in total. The lowest BCUT2D eigenvalue weighted by Crippen LogP contribution is -2.27. The third-order valence-corrected chi connectivity index (χ3v) is 5.57. The number of sulfonamides is 1. The van der Waals surface area contributed by atoms with E-state index in [4.69, 9.17) is 17.3 Å². The van der Waals surface area contributed by atoms with E-state index in [9.17, 15) is 8.42 Å². The summed E-state index contributed by atoms with van der Waals surface area (Å²) in [5.74, 6) is 0. The minimum Gasteiger partial charge on any atom is -0.398 e. The number of benzene rings is 2. The van der Waals surface area contributed by atoms with Crippen LogP contribution in [0.2, 0.25) is 5.02 Å². The van der Waals surface area contributed by atoms with Crippen molar-refractivity contribution in [2.75, 3.05) is 17.1 Å². The topological polar surface area (TPSA) is 63.4 Å². The zero-order valence-corrected chi connectivity index (χ0v) is 13.7. The summed E-state index contributed by atoms with van der Waals surface area (Å²) in [6.07, 6.45) is 0. The molecule has 2 rings (SSSR count). The van der Waals surface area contributed by atoms with Crippen molar-refractivity contribution in [3.63, 3.8) is 0 Å². The Balaban J connectivity index is 2.54. The molecular formula is C15H17ClN2O2S. The first-order valence-electron chi connectivity index (χ1n) is 6.34. The van der Waals surface area contributed by atoms with Crippen LogP contribution in [0, 0.1) is 13.8 Å². The van der Waals surface area contributed by atoms with Crippen LogP contribution in [0.4, 0.5) is 11.4 Å². The van der Waals surface area contributed by atoms with Crippen molar-refractivity contribution in [1.29, 1.82) is 0 Å². The molecule has 112 valence electrons. The molecule has 0 saturated heterocycles. The molecule has 0 aliphatic rings. The molecule has 2 N–H and O–H groups in total. The van der Waals surface area contributed by atoms with Crippen LogP contribution in [0.15, 0.2) is 41.3 Å². The highest BCUT2D eigenvalue weighted by atomic mass is 35.5. The lowest BCUT2D eigenvalue weighted by molar-refractivity contribution is 0.594. The van der Waals surface area contributed by atoms with Crippen molar-refractivity contribution in [2.45, 2.75) is 18.7 Å². The quantitative estimate of drug-likeness (QED) is 0.880. The van der Waals surface area contributed by atoms with E-state index in [1.807, 2.05) is 19.1 Å². The maximum atomic E-state index is 12.7. The molecule has 0 aliphatic carbocycles. The molecule has 0 spiro atoms. The second-order valence-corrected chi connectivity index (χ2v) is 7.30. The summed E-state index contributed by atoms with van der Waals surface area (Å²) in [6, 6.07) is 10.2. The van der Waals surface area contributed by atoms with Gasteiger partial charge in [0.1, 0.15) is 4.90 Å². The molecule has 0 radical (unpaired) electrons. The van der Waals surface area contributed by atoms with Gasteiger partial charge >= 0.3 is 0 Å². The molecule has 0 heterocycles. The molecule has 0 saturated carbocycles. The number of hydrogen-bond acceptors (Lipinski definition) is 3. The lowest BCUT2D eigenvalue weighted by Gasteiger charge is -2.21. The molecule has 0 atom stereocenters. The predicted octanol–water partition coefficient (Wildman–Crippen LogP) is 3.36. The molecule has 21 heavy (non-hydrogen) atoms. The lowest BCUT2D eigenvalue weighted by atomic mass is 10.2. The predicted molar refractivity (Wildman–Crippen MR) is 87.4 cm³/mol. The van der Waals surface area contributed by atoms with E-state index in [0.29, 0.717) is 11.4 Å². The molecule has 0 bridgehead atoms. The second kappa shape index (κ2) is 5.58. The third-order valence-electron chi connectivity index (χ3n) is 3.32. The Morgan fingerprint density at radius 3 is 2.43 bits per heavy atom. The zero-order valence-electron chi connectivity index (χ0n) is 12.1. The van der Waals surface area contributed by atoms with Crippen LogP contribution >= 0.6 is 11.6 Å². The van der Waals surface area contributed by atoms with Crippen LogP contribution in [0.1, 0.15) is 11.1 Å². The summed E-state index contributed by atoms with van der Waals surface area (Å²) >= 11 is 6.09. The summed E-state index contributed by atoms with van der Waals surface area (Å²) in [6.45, 7) is 3.68. The van der Waals surface area contributed by atoms with Gasteiger partial charge in [0.15, 0.2) is 0 Å². The molecule has 6 heteroatoms. The average molecular weight is 325 g/mol. The molecule has 0 unspecified atom stereocenters. The van der Waals surface area contributed by atoms with Gasteiger partial charge in [-0.05, 0) is 49.2 Å². The highest BCUT2D eigenvalue weighted by Gasteiger charge is 2.25. The van der Waals surface area contributed by atoms with E-state index in [1.54, 1.807) is 25.1 Å². The SMILES string of the molecule is Cc1cccc(N(C)S(=O)(=O)c2cc(N)c(C)cc2Cl)c1. The van der Waals surface area contributed by atoms with Crippen LogP contribution < -0.4 is 10.0 Å². The third kappa shape index (κ3) is 2.99. The number of rotatable bonds is 3. The van der Waals surface area contributed by atoms with Gasteiger partial charge in [0, 0.05) is 12.7 Å². The van der Waals surface area contributed by atoms with Gasteiger partial charge in [-0.1, -0.05) is 23.7 Å². The summed E-state index contributed by atoms with van der Waals surface area (Å²) in [5, 5.41) is 0.168. The fourth-order valence-corrected chi connectivity index (χ4v) is 3.75. The molecule has 0 fully saturated rings. The maximum Gasteiger partial charge on any atom is 0.265 e. The Bertz CT molecular complexity index is 788. The Morgan fingerprint density at radius 2 is 1.81 bits per heavy atom. The average Bonchev–Trinajstić information content (AvgIpc) is 2.41. The maximum absolute atomic E-state index is 12.7. The zero-order chi connectivity index (χ0) is 15.8. The van der Waals surface area contributed by atoms with Gasteiger partial charge in [-0.3, -0.25) is 4.31 Å². The van der Waals surface area contributed by atoms with Crippen LogP contribution in [0.5, 0.6) is 0 Å². The summed E-state index contributed by atoms with van der Waals surface area (Å²) in [7, 11) is -2.26. The Morgan fingerprint density at radius 1 is 1.14 bits per heavy atom. The summed E-state index contributed by atoms with van der Waals surface area (Å²) in [4.78, 5) is 0.0104. The van der Waals surface area contributed by atoms with Crippen molar-refractivity contribution in [3.8, 4) is 0 Å². The van der Waals surface area contributed by atoms with Crippen molar-refractivity contribution in [3.05, 3.63) is 52.5 Å². The van der Waals surface area contributed by atoms with Gasteiger partial charge in [-0.15, -0.1) is 0 Å². The highest BCUT2D eigenvalue weighted by Crippen LogP contribution is 2.31. The van der Waals surface area contributed by atoms with Gasteiger partial charge in [0.25, 0.3) is 10.0 Å². The van der Waals surface area contributed by atoms with E-state index in [-0.39, 0.29) is 9.92 Å². The second-order valence-electron chi connectivity index (χ2n) is 4.95. The highest BCUT2D eigenvalue weighted by molar-refractivity contribution is 7.93. The van der Waals surface area contributed by atoms with Gasteiger partial charge in [-0.25, -0.2) is 8.42 Å². The molecule has 0 aromatic heterocycles. The molecule has 0 amide bonds. The minimum absolute atomic E-state index is 0.0104. The van der Waals surface area contributed by atoms with E-state index >= 15 is 0 Å². The monoisotopic (exact) mass is 324 g/mol. The first kappa shape index (κ1) is 15.7. The molecule has 0 aliphatic heterocycles. The number of halogens is 1. The molecule has 2 aromatic carbocycles. The summed E-state index contributed by atoms with van der Waals surface area (Å²) < 4.78 is 26.6. The van der Waals surface area contributed by atoms with Gasteiger partial charge < -0.3 is 5.73 Å². The summed E-state index contributed by atoms with van der Waals surface area (Å²) in [5.41, 5.74) is 8.50. The van der Waals surface area contributed by atoms with Crippen LogP contribution in [-0.4, -0.2) is 15.5 Å². The minimum atomic E-state index is -3.76. The van der Waals surface area contributed by atoms with Gasteiger partial charge in [-0.2, -0.15) is 0 Å². The standard InChI is InChI=1S/C15H17ClN2O2S/c1-10-5-4-6-12(7-10)18(3)21(19,20)15-9-14(17)11(2)8-13(15)16/h4-9H,17H2,1-3H3. The van der Waals surface area contributed by atoms with Crippen molar-refractivity contribution in [2.24, 2.45) is 0 Å². The number of hydrogen-bond donors (Lipinski definition) is 1. The normalized spacial score (nSPS) is 11.4. The number of nitrogens with two attached hydrogens (primary N) is 1. The fourth-order valence-electron chi connectivity index (χ4n) is 1.98. The fraction of sp³-hybridized carbons (Fsp3) is 0.200. The Kier molecular flexibility index (Phi) is 4.16. The molecule has 2 aromatic rings. The smallest absolute Gasteiger partial charge is 0.265 e. The van der Waals surface area contributed by atoms with Crippen LogP contribution in [0.25, 0.3) is 0 Å². The molecular weight excluding hydrogens is 308 g/mol. The van der Waals surface area contributed by atoms with Crippen molar-refractivity contribution >= 4 is 33.0 Å². The first-order chi connectivity index (χ1) is 9.73. The number of anilines is 2. The number of aryl methyl sites for hydroxylation is 2. The van der Waals surface area contributed by atoms with Crippen LogP contribution in [0.3, 0.4) is 0 Å². The van der Waals surface area contributed by atoms with Gasteiger partial charge in [0.2, 0.25) is 0 Å². The number of nitrogen functional groups attached to an aromatic ring is 1.